The Bertz CT molecular complexity index is 1030. The van der Waals surface area contributed by atoms with Gasteiger partial charge in [0.25, 0.3) is 5.91 Å². The van der Waals surface area contributed by atoms with Crippen LogP contribution in [0.25, 0.3) is 17.2 Å². The molecule has 28 heavy (non-hydrogen) atoms. The van der Waals surface area contributed by atoms with E-state index in [1.54, 1.807) is 4.90 Å². The maximum atomic E-state index is 13.0. The first-order valence-electron chi connectivity index (χ1n) is 9.11. The number of benzene rings is 3. The highest BCUT2D eigenvalue weighted by Crippen LogP contribution is 2.38. The van der Waals surface area contributed by atoms with Crippen molar-refractivity contribution in [1.82, 2.24) is 4.90 Å². The Hall–Kier alpha value is -2.69. The summed E-state index contributed by atoms with van der Waals surface area (Å²) in [6, 6.07) is 28.4. The molecular formula is C24H19NOS2. The highest BCUT2D eigenvalue weighted by Gasteiger charge is 2.35. The molecule has 1 saturated heterocycles. The fraction of sp³-hybridized carbons (Fsp3) is 0.0833. The van der Waals surface area contributed by atoms with Crippen LogP contribution >= 0.6 is 24.0 Å². The molecule has 0 spiro atoms. The van der Waals surface area contributed by atoms with E-state index >= 15 is 0 Å². The molecule has 1 aliphatic heterocycles. The van der Waals surface area contributed by atoms with E-state index < -0.39 is 0 Å². The molecule has 0 unspecified atom stereocenters. The first kappa shape index (κ1) is 18.7. The first-order valence-corrected chi connectivity index (χ1v) is 10.3. The van der Waals surface area contributed by atoms with Gasteiger partial charge in [0.15, 0.2) is 0 Å². The summed E-state index contributed by atoms with van der Waals surface area (Å²) in [5.74, 6) is -0.0292. The van der Waals surface area contributed by atoms with Gasteiger partial charge in [-0.2, -0.15) is 0 Å². The SMILES string of the molecule is C[C@H](c1ccccc1)N1C(=O)/C(=C/c2ccc(-c3ccccc3)cc2)SC1=S. The van der Waals surface area contributed by atoms with Crippen LogP contribution in [-0.4, -0.2) is 15.1 Å². The van der Waals surface area contributed by atoms with Crippen molar-refractivity contribution in [2.24, 2.45) is 0 Å². The van der Waals surface area contributed by atoms with Crippen LogP contribution in [0.3, 0.4) is 0 Å². The third-order valence-electron chi connectivity index (χ3n) is 4.81. The molecule has 0 aromatic heterocycles. The van der Waals surface area contributed by atoms with Gasteiger partial charge in [0.2, 0.25) is 0 Å². The molecule has 1 heterocycles. The van der Waals surface area contributed by atoms with Crippen molar-refractivity contribution in [2.45, 2.75) is 13.0 Å². The molecule has 0 radical (unpaired) electrons. The van der Waals surface area contributed by atoms with Gasteiger partial charge in [-0.3, -0.25) is 9.69 Å². The van der Waals surface area contributed by atoms with Gasteiger partial charge >= 0.3 is 0 Å². The fourth-order valence-electron chi connectivity index (χ4n) is 3.25. The molecule has 0 saturated carbocycles. The van der Waals surface area contributed by atoms with Crippen LogP contribution in [0.2, 0.25) is 0 Å². The molecular weight excluding hydrogens is 382 g/mol. The second kappa shape index (κ2) is 8.13. The number of rotatable bonds is 4. The maximum Gasteiger partial charge on any atom is 0.266 e. The number of hydrogen-bond donors (Lipinski definition) is 0. The summed E-state index contributed by atoms with van der Waals surface area (Å²) in [7, 11) is 0. The van der Waals surface area contributed by atoms with E-state index in [0.29, 0.717) is 9.23 Å². The summed E-state index contributed by atoms with van der Waals surface area (Å²) in [5, 5.41) is 0. The van der Waals surface area contributed by atoms with Crippen LogP contribution in [0.5, 0.6) is 0 Å². The van der Waals surface area contributed by atoms with Gasteiger partial charge in [0, 0.05) is 0 Å². The zero-order valence-electron chi connectivity index (χ0n) is 15.4. The summed E-state index contributed by atoms with van der Waals surface area (Å²) in [4.78, 5) is 15.3. The summed E-state index contributed by atoms with van der Waals surface area (Å²) in [5.41, 5.74) is 4.40. The molecule has 4 rings (SSSR count). The molecule has 3 aromatic rings. The Morgan fingerprint density at radius 1 is 0.857 bits per heavy atom. The summed E-state index contributed by atoms with van der Waals surface area (Å²) in [6.07, 6.45) is 1.92. The monoisotopic (exact) mass is 401 g/mol. The normalized spacial score (nSPS) is 16.6. The van der Waals surface area contributed by atoms with Crippen molar-refractivity contribution in [1.29, 1.82) is 0 Å². The molecule has 3 aromatic carbocycles. The standard InChI is InChI=1S/C24H19NOS2/c1-17(19-8-4-2-5-9-19)25-23(26)22(28-24(25)27)16-18-12-14-21(15-13-18)20-10-6-3-7-11-20/h2-17H,1H3/b22-16-/t17-/m1/s1. The molecule has 1 aliphatic rings. The molecule has 0 N–H and O–H groups in total. The Balaban J connectivity index is 1.56. The van der Waals surface area contributed by atoms with Crippen LogP contribution in [0, 0.1) is 0 Å². The molecule has 0 bridgehead atoms. The minimum Gasteiger partial charge on any atom is -0.286 e. The van der Waals surface area contributed by atoms with Crippen LogP contribution in [0.1, 0.15) is 24.1 Å². The van der Waals surface area contributed by atoms with Gasteiger partial charge in [0.1, 0.15) is 4.32 Å². The molecule has 138 valence electrons. The quantitative estimate of drug-likeness (QED) is 0.377. The largest absolute Gasteiger partial charge is 0.286 e. The van der Waals surface area contributed by atoms with Gasteiger partial charge in [-0.05, 0) is 35.3 Å². The second-order valence-electron chi connectivity index (χ2n) is 6.63. The minimum atomic E-state index is -0.0833. The predicted octanol–water partition coefficient (Wildman–Crippen LogP) is 6.32. The van der Waals surface area contributed by atoms with Crippen LogP contribution in [0.4, 0.5) is 0 Å². The average Bonchev–Trinajstić information content (AvgIpc) is 3.02. The van der Waals surface area contributed by atoms with Gasteiger partial charge < -0.3 is 0 Å². The van der Waals surface area contributed by atoms with Crippen molar-refractivity contribution < 1.29 is 4.79 Å². The van der Waals surface area contributed by atoms with Crippen molar-refractivity contribution in [3.05, 3.63) is 101 Å². The Morgan fingerprint density at radius 2 is 1.43 bits per heavy atom. The molecule has 0 aliphatic carbocycles. The zero-order chi connectivity index (χ0) is 19.5. The minimum absolute atomic E-state index is 0.0292. The van der Waals surface area contributed by atoms with Crippen molar-refractivity contribution in [3.63, 3.8) is 0 Å². The summed E-state index contributed by atoms with van der Waals surface area (Å²) >= 11 is 6.87. The van der Waals surface area contributed by atoms with Gasteiger partial charge in [-0.15, -0.1) is 0 Å². The summed E-state index contributed by atoms with van der Waals surface area (Å²) in [6.45, 7) is 2.01. The molecule has 1 fully saturated rings. The number of nitrogens with zero attached hydrogens (tertiary/aromatic N) is 1. The van der Waals surface area contributed by atoms with E-state index in [-0.39, 0.29) is 11.9 Å². The highest BCUT2D eigenvalue weighted by atomic mass is 32.2. The van der Waals surface area contributed by atoms with E-state index in [1.165, 1.54) is 17.3 Å². The Morgan fingerprint density at radius 3 is 2.07 bits per heavy atom. The number of carbonyl (C=O) groups is 1. The lowest BCUT2D eigenvalue weighted by atomic mass is 10.0. The number of carbonyl (C=O) groups excluding carboxylic acids is 1. The van der Waals surface area contributed by atoms with E-state index in [4.69, 9.17) is 12.2 Å². The lowest BCUT2D eigenvalue weighted by Crippen LogP contribution is -2.30. The number of amides is 1. The number of hydrogen-bond acceptors (Lipinski definition) is 3. The maximum absolute atomic E-state index is 13.0. The summed E-state index contributed by atoms with van der Waals surface area (Å²) < 4.78 is 0.605. The smallest absolute Gasteiger partial charge is 0.266 e. The highest BCUT2D eigenvalue weighted by molar-refractivity contribution is 8.26. The Kier molecular flexibility index (Phi) is 5.42. The third-order valence-corrected chi connectivity index (χ3v) is 6.14. The second-order valence-corrected chi connectivity index (χ2v) is 8.30. The van der Waals surface area contributed by atoms with Crippen LogP contribution < -0.4 is 0 Å². The van der Waals surface area contributed by atoms with E-state index in [1.807, 2.05) is 73.7 Å². The van der Waals surface area contributed by atoms with Gasteiger partial charge in [-0.25, -0.2) is 0 Å². The van der Waals surface area contributed by atoms with Gasteiger partial charge in [0.05, 0.1) is 10.9 Å². The van der Waals surface area contributed by atoms with E-state index in [0.717, 1.165) is 16.7 Å². The predicted molar refractivity (Wildman–Crippen MR) is 122 cm³/mol. The van der Waals surface area contributed by atoms with Crippen molar-refractivity contribution in [2.75, 3.05) is 0 Å². The van der Waals surface area contributed by atoms with Crippen molar-refractivity contribution in [3.8, 4) is 11.1 Å². The fourth-order valence-corrected chi connectivity index (χ4v) is 4.67. The first-order chi connectivity index (χ1) is 13.6. The topological polar surface area (TPSA) is 20.3 Å². The van der Waals surface area contributed by atoms with Gasteiger partial charge in [-0.1, -0.05) is 109 Å². The number of thioether (sulfide) groups is 1. The van der Waals surface area contributed by atoms with Crippen LogP contribution in [0.15, 0.2) is 89.8 Å². The lowest BCUT2D eigenvalue weighted by molar-refractivity contribution is -0.123. The van der Waals surface area contributed by atoms with Crippen LogP contribution in [-0.2, 0) is 4.79 Å². The molecule has 4 heteroatoms. The molecule has 2 nitrogen and oxygen atoms in total. The average molecular weight is 402 g/mol. The van der Waals surface area contributed by atoms with Crippen molar-refractivity contribution >= 4 is 40.3 Å². The zero-order valence-corrected chi connectivity index (χ0v) is 17.0. The lowest BCUT2D eigenvalue weighted by Gasteiger charge is -2.23. The third kappa shape index (κ3) is 3.79. The van der Waals surface area contributed by atoms with E-state index in [2.05, 4.69) is 24.3 Å². The molecule has 1 amide bonds. The molecule has 1 atom stereocenters. The Labute approximate surface area is 174 Å². The number of thiocarbonyl (C=S) groups is 1. The van der Waals surface area contributed by atoms with E-state index in [9.17, 15) is 4.79 Å².